The van der Waals surface area contributed by atoms with Gasteiger partial charge in [0.1, 0.15) is 12.4 Å². The van der Waals surface area contributed by atoms with Gasteiger partial charge in [-0.3, -0.25) is 0 Å². The van der Waals surface area contributed by atoms with E-state index in [-0.39, 0.29) is 30.5 Å². The van der Waals surface area contributed by atoms with Crippen molar-refractivity contribution in [2.75, 3.05) is 13.2 Å². The van der Waals surface area contributed by atoms with Crippen molar-refractivity contribution in [3.63, 3.8) is 0 Å². The lowest BCUT2D eigenvalue weighted by Crippen LogP contribution is -2.47. The van der Waals surface area contributed by atoms with Gasteiger partial charge in [-0.2, -0.15) is 0 Å². The van der Waals surface area contributed by atoms with Gasteiger partial charge in [0.05, 0.1) is 6.54 Å². The van der Waals surface area contributed by atoms with Crippen LogP contribution in [0.2, 0.25) is 0 Å². The van der Waals surface area contributed by atoms with E-state index in [0.717, 1.165) is 12.1 Å². The molecule has 0 aliphatic heterocycles. The van der Waals surface area contributed by atoms with Crippen LogP contribution in [-0.4, -0.2) is 24.7 Å². The standard InChI is InChI=1S/C13H18F2N2O2/c1-13(2,3)17-12(18)16-6-7-19-9-4-5-10(14)11(15)8-9/h4-5,8H,6-7H2,1-3H3,(H2,16,17,18). The Balaban J connectivity index is 2.27. The van der Waals surface area contributed by atoms with Crippen LogP contribution < -0.4 is 15.4 Å². The second kappa shape index (κ2) is 6.36. The van der Waals surface area contributed by atoms with Crippen molar-refractivity contribution in [1.29, 1.82) is 0 Å². The maximum Gasteiger partial charge on any atom is 0.315 e. The molecule has 0 aliphatic carbocycles. The maximum atomic E-state index is 12.9. The third kappa shape index (κ3) is 6.03. The number of carbonyl (C=O) groups is 1. The van der Waals surface area contributed by atoms with Gasteiger partial charge >= 0.3 is 6.03 Å². The van der Waals surface area contributed by atoms with Crippen LogP contribution in [0.4, 0.5) is 13.6 Å². The molecule has 2 N–H and O–H groups in total. The van der Waals surface area contributed by atoms with Crippen molar-refractivity contribution in [3.05, 3.63) is 29.8 Å². The summed E-state index contributed by atoms with van der Waals surface area (Å²) < 4.78 is 30.7. The lowest BCUT2D eigenvalue weighted by molar-refractivity contribution is 0.228. The molecule has 0 heterocycles. The first-order valence-corrected chi connectivity index (χ1v) is 5.92. The fraction of sp³-hybridized carbons (Fsp3) is 0.462. The fourth-order valence-electron chi connectivity index (χ4n) is 1.28. The van der Waals surface area contributed by atoms with E-state index in [2.05, 4.69) is 10.6 Å². The van der Waals surface area contributed by atoms with Gasteiger partial charge in [-0.15, -0.1) is 0 Å². The van der Waals surface area contributed by atoms with Crippen molar-refractivity contribution in [2.45, 2.75) is 26.3 Å². The van der Waals surface area contributed by atoms with E-state index in [1.54, 1.807) is 0 Å². The molecular formula is C13H18F2N2O2. The topological polar surface area (TPSA) is 50.4 Å². The molecule has 0 spiro atoms. The van der Waals surface area contributed by atoms with Crippen molar-refractivity contribution in [1.82, 2.24) is 10.6 Å². The first kappa shape index (κ1) is 15.2. The van der Waals surface area contributed by atoms with Crippen LogP contribution in [0.25, 0.3) is 0 Å². The van der Waals surface area contributed by atoms with Gasteiger partial charge in [0.25, 0.3) is 0 Å². The first-order chi connectivity index (χ1) is 8.78. The number of hydrogen-bond acceptors (Lipinski definition) is 2. The molecule has 6 heteroatoms. The van der Waals surface area contributed by atoms with Gasteiger partial charge in [0.15, 0.2) is 11.6 Å². The molecule has 0 saturated heterocycles. The van der Waals surface area contributed by atoms with Crippen molar-refractivity contribution < 1.29 is 18.3 Å². The predicted octanol–water partition coefficient (Wildman–Crippen LogP) is 2.44. The number of amides is 2. The van der Waals surface area contributed by atoms with Crippen LogP contribution in [0.3, 0.4) is 0 Å². The molecular weight excluding hydrogens is 254 g/mol. The van der Waals surface area contributed by atoms with Gasteiger partial charge in [0, 0.05) is 11.6 Å². The predicted molar refractivity (Wildman–Crippen MR) is 68.1 cm³/mol. The van der Waals surface area contributed by atoms with Gasteiger partial charge in [-0.1, -0.05) is 0 Å². The molecule has 0 radical (unpaired) electrons. The molecule has 0 atom stereocenters. The summed E-state index contributed by atoms with van der Waals surface area (Å²) in [5, 5.41) is 5.31. The Kier molecular flexibility index (Phi) is 5.09. The summed E-state index contributed by atoms with van der Waals surface area (Å²) >= 11 is 0. The zero-order valence-corrected chi connectivity index (χ0v) is 11.2. The number of ether oxygens (including phenoxy) is 1. The Morgan fingerprint density at radius 2 is 1.95 bits per heavy atom. The molecule has 0 bridgehead atoms. The number of nitrogens with one attached hydrogen (secondary N) is 2. The molecule has 106 valence electrons. The monoisotopic (exact) mass is 272 g/mol. The second-order valence-electron chi connectivity index (χ2n) is 5.06. The van der Waals surface area contributed by atoms with E-state index >= 15 is 0 Å². The Labute approximate surface area is 111 Å². The molecule has 19 heavy (non-hydrogen) atoms. The van der Waals surface area contributed by atoms with Crippen LogP contribution in [-0.2, 0) is 0 Å². The Bertz CT molecular complexity index is 445. The molecule has 4 nitrogen and oxygen atoms in total. The average molecular weight is 272 g/mol. The van der Waals surface area contributed by atoms with Crippen molar-refractivity contribution >= 4 is 6.03 Å². The molecule has 0 fully saturated rings. The van der Waals surface area contributed by atoms with E-state index in [4.69, 9.17) is 4.74 Å². The Morgan fingerprint density at radius 1 is 1.26 bits per heavy atom. The third-order valence-electron chi connectivity index (χ3n) is 2.04. The van der Waals surface area contributed by atoms with Crippen LogP contribution in [0.1, 0.15) is 20.8 Å². The summed E-state index contributed by atoms with van der Waals surface area (Å²) in [5.74, 6) is -1.66. The van der Waals surface area contributed by atoms with E-state index in [0.29, 0.717) is 0 Å². The number of hydrogen-bond donors (Lipinski definition) is 2. The van der Waals surface area contributed by atoms with Crippen LogP contribution >= 0.6 is 0 Å². The highest BCUT2D eigenvalue weighted by molar-refractivity contribution is 5.74. The SMILES string of the molecule is CC(C)(C)NC(=O)NCCOc1ccc(F)c(F)c1. The lowest BCUT2D eigenvalue weighted by atomic mass is 10.1. The van der Waals surface area contributed by atoms with E-state index in [1.807, 2.05) is 20.8 Å². The highest BCUT2D eigenvalue weighted by atomic mass is 19.2. The number of halogens is 2. The number of urea groups is 1. The summed E-state index contributed by atoms with van der Waals surface area (Å²) in [6, 6.07) is 2.98. The van der Waals surface area contributed by atoms with Crippen LogP contribution in [0.15, 0.2) is 18.2 Å². The van der Waals surface area contributed by atoms with Gasteiger partial charge in [-0.05, 0) is 32.9 Å². The molecule has 2 amide bonds. The highest BCUT2D eigenvalue weighted by Gasteiger charge is 2.12. The van der Waals surface area contributed by atoms with Gasteiger partial charge in [-0.25, -0.2) is 13.6 Å². The number of rotatable bonds is 4. The molecule has 1 aromatic rings. The lowest BCUT2D eigenvalue weighted by Gasteiger charge is -2.20. The van der Waals surface area contributed by atoms with Crippen LogP contribution in [0, 0.1) is 11.6 Å². The summed E-state index contributed by atoms with van der Waals surface area (Å²) in [6.07, 6.45) is 0. The zero-order valence-electron chi connectivity index (χ0n) is 11.2. The summed E-state index contributed by atoms with van der Waals surface area (Å²) in [7, 11) is 0. The minimum Gasteiger partial charge on any atom is -0.492 e. The second-order valence-corrected chi connectivity index (χ2v) is 5.06. The molecule has 0 saturated carbocycles. The number of benzene rings is 1. The Morgan fingerprint density at radius 3 is 2.53 bits per heavy atom. The third-order valence-corrected chi connectivity index (χ3v) is 2.04. The molecule has 1 aromatic carbocycles. The Hall–Kier alpha value is -1.85. The normalized spacial score (nSPS) is 11.0. The fourth-order valence-corrected chi connectivity index (χ4v) is 1.28. The largest absolute Gasteiger partial charge is 0.492 e. The van der Waals surface area contributed by atoms with Gasteiger partial charge in [0.2, 0.25) is 0 Å². The molecule has 1 rings (SSSR count). The molecule has 0 aliphatic rings. The quantitative estimate of drug-likeness (QED) is 0.827. The zero-order chi connectivity index (χ0) is 14.5. The summed E-state index contributed by atoms with van der Waals surface area (Å²) in [6.45, 7) is 6.03. The van der Waals surface area contributed by atoms with Crippen molar-refractivity contribution in [3.8, 4) is 5.75 Å². The van der Waals surface area contributed by atoms with E-state index < -0.39 is 11.6 Å². The minimum atomic E-state index is -0.962. The maximum absolute atomic E-state index is 12.9. The summed E-state index contributed by atoms with van der Waals surface area (Å²) in [5.41, 5.74) is -0.314. The van der Waals surface area contributed by atoms with Gasteiger partial charge < -0.3 is 15.4 Å². The minimum absolute atomic E-state index is 0.169. The first-order valence-electron chi connectivity index (χ1n) is 5.92. The molecule has 0 aromatic heterocycles. The average Bonchev–Trinajstić information content (AvgIpc) is 2.27. The summed E-state index contributed by atoms with van der Waals surface area (Å²) in [4.78, 5) is 11.4. The van der Waals surface area contributed by atoms with E-state index in [9.17, 15) is 13.6 Å². The highest BCUT2D eigenvalue weighted by Crippen LogP contribution is 2.14. The smallest absolute Gasteiger partial charge is 0.315 e. The van der Waals surface area contributed by atoms with Crippen LogP contribution in [0.5, 0.6) is 5.75 Å². The number of carbonyl (C=O) groups excluding carboxylic acids is 1. The van der Waals surface area contributed by atoms with Crippen molar-refractivity contribution in [2.24, 2.45) is 0 Å². The molecule has 0 unspecified atom stereocenters. The van der Waals surface area contributed by atoms with E-state index in [1.165, 1.54) is 6.07 Å².